The summed E-state index contributed by atoms with van der Waals surface area (Å²) in [5.41, 5.74) is 1.33. The first kappa shape index (κ1) is 19.5. The summed E-state index contributed by atoms with van der Waals surface area (Å²) in [6.07, 6.45) is 5.46. The highest BCUT2D eigenvalue weighted by molar-refractivity contribution is 6.30. The first-order valence-electron chi connectivity index (χ1n) is 9.41. The van der Waals surface area contributed by atoms with Crippen molar-refractivity contribution in [2.75, 3.05) is 7.05 Å². The van der Waals surface area contributed by atoms with Gasteiger partial charge in [-0.05, 0) is 30.5 Å². The van der Waals surface area contributed by atoms with Crippen molar-refractivity contribution in [2.24, 2.45) is 0 Å². The van der Waals surface area contributed by atoms with E-state index in [-0.39, 0.29) is 29.5 Å². The minimum absolute atomic E-state index is 0.134. The Morgan fingerprint density at radius 2 is 1.89 bits per heavy atom. The van der Waals surface area contributed by atoms with Crippen LogP contribution < -0.4 is 10.6 Å². The van der Waals surface area contributed by atoms with Gasteiger partial charge in [-0.15, -0.1) is 0 Å². The van der Waals surface area contributed by atoms with Crippen LogP contribution in [0, 0.1) is 0 Å². The lowest BCUT2D eigenvalue weighted by Crippen LogP contribution is -2.36. The molecule has 144 valence electrons. The maximum Gasteiger partial charge on any atom is 0.286 e. The molecule has 3 rings (SSSR count). The summed E-state index contributed by atoms with van der Waals surface area (Å²) < 4.78 is 5.82. The predicted molar refractivity (Wildman–Crippen MR) is 105 cm³/mol. The molecule has 0 bridgehead atoms. The molecule has 2 aromatic rings. The Bertz CT molecular complexity index is 825. The van der Waals surface area contributed by atoms with E-state index >= 15 is 0 Å². The van der Waals surface area contributed by atoms with E-state index in [0.29, 0.717) is 16.3 Å². The van der Waals surface area contributed by atoms with Crippen molar-refractivity contribution in [3.63, 3.8) is 0 Å². The zero-order valence-electron chi connectivity index (χ0n) is 15.7. The average molecular weight is 389 g/mol. The monoisotopic (exact) mass is 388 g/mol. The first-order chi connectivity index (χ1) is 13.0. The van der Waals surface area contributed by atoms with Crippen LogP contribution in [0.4, 0.5) is 0 Å². The van der Waals surface area contributed by atoms with Crippen LogP contribution >= 0.6 is 11.6 Å². The fraction of sp³-hybridized carbons (Fsp3) is 0.429. The van der Waals surface area contributed by atoms with Crippen LogP contribution in [-0.4, -0.2) is 24.9 Å². The molecule has 0 saturated heterocycles. The fourth-order valence-corrected chi connectivity index (χ4v) is 3.78. The largest absolute Gasteiger partial charge is 0.454 e. The number of furan rings is 1. The van der Waals surface area contributed by atoms with Gasteiger partial charge in [-0.1, -0.05) is 49.9 Å². The molecule has 2 N–H and O–H groups in total. The van der Waals surface area contributed by atoms with Gasteiger partial charge in [-0.2, -0.15) is 0 Å². The molecule has 1 atom stereocenters. The molecule has 1 aromatic heterocycles. The standard InChI is InChI=1S/C21H25ClN2O3/c1-13(14-7-6-8-15(22)11-14)19-17(12-18(27-19)21(26)23-2)20(25)24-16-9-4-3-5-10-16/h6-8,11-13,16H,3-5,9-10H2,1-2H3,(H,23,26)(H,24,25). The molecule has 1 heterocycles. The van der Waals surface area contributed by atoms with E-state index in [2.05, 4.69) is 10.6 Å². The molecule has 6 heteroatoms. The molecule has 0 aliphatic heterocycles. The summed E-state index contributed by atoms with van der Waals surface area (Å²) in [7, 11) is 1.53. The molecule has 1 saturated carbocycles. The molecular formula is C21H25ClN2O3. The van der Waals surface area contributed by atoms with Crippen molar-refractivity contribution < 1.29 is 14.0 Å². The van der Waals surface area contributed by atoms with Crippen molar-refractivity contribution >= 4 is 23.4 Å². The average Bonchev–Trinajstić information content (AvgIpc) is 3.13. The van der Waals surface area contributed by atoms with Crippen LogP contribution in [0.1, 0.15) is 77.2 Å². The molecule has 5 nitrogen and oxygen atoms in total. The van der Waals surface area contributed by atoms with Crippen LogP contribution in [0.15, 0.2) is 34.7 Å². The van der Waals surface area contributed by atoms with E-state index in [1.165, 1.54) is 19.5 Å². The SMILES string of the molecule is CNC(=O)c1cc(C(=O)NC2CCCCC2)c(C(C)c2cccc(Cl)c2)o1. The number of hydrogen-bond acceptors (Lipinski definition) is 3. The van der Waals surface area contributed by atoms with Gasteiger partial charge < -0.3 is 15.1 Å². The van der Waals surface area contributed by atoms with Gasteiger partial charge in [0.05, 0.1) is 5.56 Å². The summed E-state index contributed by atoms with van der Waals surface area (Å²) in [6, 6.07) is 9.15. The Labute approximate surface area is 164 Å². The minimum Gasteiger partial charge on any atom is -0.454 e. The fourth-order valence-electron chi connectivity index (χ4n) is 3.58. The number of rotatable bonds is 5. The highest BCUT2D eigenvalue weighted by Gasteiger charge is 2.27. The van der Waals surface area contributed by atoms with Crippen molar-refractivity contribution in [3.05, 3.63) is 58.0 Å². The smallest absolute Gasteiger partial charge is 0.286 e. The number of carbonyl (C=O) groups is 2. The van der Waals surface area contributed by atoms with Crippen LogP contribution in [-0.2, 0) is 0 Å². The lowest BCUT2D eigenvalue weighted by molar-refractivity contribution is 0.0918. The Morgan fingerprint density at radius 3 is 2.56 bits per heavy atom. The van der Waals surface area contributed by atoms with Crippen LogP contribution in [0.2, 0.25) is 5.02 Å². The molecule has 1 unspecified atom stereocenters. The maximum atomic E-state index is 12.9. The number of amides is 2. The minimum atomic E-state index is -0.355. The Kier molecular flexibility index (Phi) is 6.22. The third-order valence-corrected chi connectivity index (χ3v) is 5.37. The zero-order chi connectivity index (χ0) is 19.4. The van der Waals surface area contributed by atoms with Crippen molar-refractivity contribution in [1.82, 2.24) is 10.6 Å². The van der Waals surface area contributed by atoms with E-state index in [1.54, 1.807) is 6.07 Å². The van der Waals surface area contributed by atoms with Crippen LogP contribution in [0.5, 0.6) is 0 Å². The number of nitrogens with one attached hydrogen (secondary N) is 2. The van der Waals surface area contributed by atoms with Gasteiger partial charge in [0.25, 0.3) is 11.8 Å². The highest BCUT2D eigenvalue weighted by Crippen LogP contribution is 2.31. The summed E-state index contributed by atoms with van der Waals surface area (Å²) >= 11 is 6.11. The van der Waals surface area contributed by atoms with Crippen molar-refractivity contribution in [1.29, 1.82) is 0 Å². The molecule has 1 aromatic carbocycles. The maximum absolute atomic E-state index is 12.9. The van der Waals surface area contributed by atoms with Crippen molar-refractivity contribution in [3.8, 4) is 0 Å². The normalized spacial score (nSPS) is 16.0. The highest BCUT2D eigenvalue weighted by atomic mass is 35.5. The molecule has 1 aliphatic carbocycles. The number of halogens is 1. The van der Waals surface area contributed by atoms with Gasteiger partial charge in [-0.25, -0.2) is 0 Å². The molecule has 1 aliphatic rings. The molecule has 27 heavy (non-hydrogen) atoms. The molecule has 2 amide bonds. The second kappa shape index (κ2) is 8.61. The zero-order valence-corrected chi connectivity index (χ0v) is 16.4. The van der Waals surface area contributed by atoms with Gasteiger partial charge >= 0.3 is 0 Å². The third kappa shape index (κ3) is 4.53. The lowest BCUT2D eigenvalue weighted by atomic mass is 9.94. The van der Waals surface area contributed by atoms with Crippen LogP contribution in [0.3, 0.4) is 0 Å². The molecule has 0 spiro atoms. The van der Waals surface area contributed by atoms with Gasteiger partial charge in [0, 0.05) is 30.1 Å². The second-order valence-electron chi connectivity index (χ2n) is 7.05. The topological polar surface area (TPSA) is 71.3 Å². The summed E-state index contributed by atoms with van der Waals surface area (Å²) in [4.78, 5) is 25.0. The lowest BCUT2D eigenvalue weighted by Gasteiger charge is -2.23. The van der Waals surface area contributed by atoms with Crippen molar-refractivity contribution in [2.45, 2.75) is 51.0 Å². The van der Waals surface area contributed by atoms with E-state index in [9.17, 15) is 9.59 Å². The molecule has 1 fully saturated rings. The van der Waals surface area contributed by atoms with Crippen LogP contribution in [0.25, 0.3) is 0 Å². The Morgan fingerprint density at radius 1 is 1.15 bits per heavy atom. The summed E-state index contributed by atoms with van der Waals surface area (Å²) in [5, 5.41) is 6.27. The summed E-state index contributed by atoms with van der Waals surface area (Å²) in [6.45, 7) is 1.94. The quantitative estimate of drug-likeness (QED) is 0.791. The number of hydrogen-bond donors (Lipinski definition) is 2. The first-order valence-corrected chi connectivity index (χ1v) is 9.79. The van der Waals surface area contributed by atoms with Gasteiger partial charge in [0.1, 0.15) is 5.76 Å². The van der Waals surface area contributed by atoms with E-state index < -0.39 is 0 Å². The summed E-state index contributed by atoms with van der Waals surface area (Å²) in [5.74, 6) is -0.149. The predicted octanol–water partition coefficient (Wildman–Crippen LogP) is 4.51. The Hall–Kier alpha value is -2.27. The van der Waals surface area contributed by atoms with E-state index in [0.717, 1.165) is 31.2 Å². The molecular weight excluding hydrogens is 364 g/mol. The molecule has 0 radical (unpaired) electrons. The Balaban J connectivity index is 1.92. The van der Waals surface area contributed by atoms with Gasteiger partial charge in [-0.3, -0.25) is 9.59 Å². The second-order valence-corrected chi connectivity index (χ2v) is 7.49. The third-order valence-electron chi connectivity index (χ3n) is 5.14. The number of benzene rings is 1. The van der Waals surface area contributed by atoms with E-state index in [4.69, 9.17) is 16.0 Å². The van der Waals surface area contributed by atoms with E-state index in [1.807, 2.05) is 25.1 Å². The number of carbonyl (C=O) groups excluding carboxylic acids is 2. The van der Waals surface area contributed by atoms with Gasteiger partial charge in [0.15, 0.2) is 5.76 Å². The van der Waals surface area contributed by atoms with Gasteiger partial charge in [0.2, 0.25) is 0 Å².